The summed E-state index contributed by atoms with van der Waals surface area (Å²) in [5, 5.41) is 7.60. The maximum absolute atomic E-state index is 12.8. The van der Waals surface area contributed by atoms with Gasteiger partial charge in [0.15, 0.2) is 5.82 Å². The first kappa shape index (κ1) is 18.6. The number of aromatic nitrogens is 2. The van der Waals surface area contributed by atoms with E-state index in [1.165, 1.54) is 11.3 Å². The monoisotopic (exact) mass is 399 g/mol. The van der Waals surface area contributed by atoms with Crippen molar-refractivity contribution >= 4 is 22.2 Å². The summed E-state index contributed by atoms with van der Waals surface area (Å²) in [6.07, 6.45) is 0.833. The topological polar surface area (TPSA) is 86.5 Å². The van der Waals surface area contributed by atoms with E-state index in [2.05, 4.69) is 15.5 Å². The number of carbonyl (C=O) groups excluding carboxylic acids is 1. The Bertz CT molecular complexity index is 992. The standard InChI is InChI=1S/C20H21N3O4S/c1-11(2)26-14-6-4-13(5-7-14)18(24)22-20-17(19-21-12(3)23-27-19)15-8-9-25-10-16(15)28-20/h4-7,11H,8-10H2,1-3H3,(H,22,24). The number of rotatable bonds is 5. The molecule has 0 bridgehead atoms. The number of aryl methyl sites for hydroxylation is 1. The maximum Gasteiger partial charge on any atom is 0.261 e. The number of hydrogen-bond donors (Lipinski definition) is 1. The molecule has 3 aromatic rings. The predicted molar refractivity (Wildman–Crippen MR) is 106 cm³/mol. The first-order valence-corrected chi connectivity index (χ1v) is 9.94. The van der Waals surface area contributed by atoms with Gasteiger partial charge in [-0.3, -0.25) is 4.79 Å². The third-order valence-corrected chi connectivity index (χ3v) is 5.40. The molecular weight excluding hydrogens is 378 g/mol. The van der Waals surface area contributed by atoms with Crippen LogP contribution in [-0.2, 0) is 17.8 Å². The van der Waals surface area contributed by atoms with Crippen molar-refractivity contribution in [3.05, 3.63) is 46.1 Å². The van der Waals surface area contributed by atoms with Crippen molar-refractivity contribution in [2.24, 2.45) is 0 Å². The van der Waals surface area contributed by atoms with Crippen LogP contribution in [0.25, 0.3) is 11.5 Å². The van der Waals surface area contributed by atoms with E-state index in [0.717, 1.165) is 28.2 Å². The molecular formula is C20H21N3O4S. The summed E-state index contributed by atoms with van der Waals surface area (Å²) in [4.78, 5) is 18.2. The van der Waals surface area contributed by atoms with E-state index >= 15 is 0 Å². The highest BCUT2D eigenvalue weighted by molar-refractivity contribution is 7.17. The molecule has 0 aliphatic carbocycles. The molecule has 8 heteroatoms. The van der Waals surface area contributed by atoms with Crippen molar-refractivity contribution in [3.8, 4) is 17.2 Å². The Balaban J connectivity index is 1.62. The molecule has 3 heterocycles. The Morgan fingerprint density at radius 1 is 1.29 bits per heavy atom. The number of hydrogen-bond acceptors (Lipinski definition) is 7. The minimum absolute atomic E-state index is 0.0831. The molecule has 28 heavy (non-hydrogen) atoms. The van der Waals surface area contributed by atoms with Crippen molar-refractivity contribution in [2.45, 2.75) is 39.9 Å². The van der Waals surface area contributed by atoms with Crippen LogP contribution in [-0.4, -0.2) is 28.8 Å². The zero-order chi connectivity index (χ0) is 19.7. The number of amides is 1. The van der Waals surface area contributed by atoms with E-state index in [9.17, 15) is 4.79 Å². The number of thiophene rings is 1. The van der Waals surface area contributed by atoms with Crippen molar-refractivity contribution < 1.29 is 18.8 Å². The van der Waals surface area contributed by atoms with Crippen LogP contribution in [0.4, 0.5) is 5.00 Å². The summed E-state index contributed by atoms with van der Waals surface area (Å²) in [7, 11) is 0. The van der Waals surface area contributed by atoms with E-state index in [1.807, 2.05) is 13.8 Å². The van der Waals surface area contributed by atoms with E-state index < -0.39 is 0 Å². The lowest BCUT2D eigenvalue weighted by atomic mass is 10.1. The molecule has 0 saturated carbocycles. The molecule has 0 saturated heterocycles. The summed E-state index contributed by atoms with van der Waals surface area (Å²) >= 11 is 1.49. The average molecular weight is 399 g/mol. The molecule has 1 amide bonds. The number of carbonyl (C=O) groups is 1. The molecule has 146 valence electrons. The highest BCUT2D eigenvalue weighted by Gasteiger charge is 2.27. The van der Waals surface area contributed by atoms with Crippen molar-refractivity contribution in [3.63, 3.8) is 0 Å². The highest BCUT2D eigenvalue weighted by Crippen LogP contribution is 2.42. The lowest BCUT2D eigenvalue weighted by Gasteiger charge is -2.12. The lowest BCUT2D eigenvalue weighted by Crippen LogP contribution is -2.12. The van der Waals surface area contributed by atoms with Gasteiger partial charge >= 0.3 is 0 Å². The largest absolute Gasteiger partial charge is 0.491 e. The average Bonchev–Trinajstić information content (AvgIpc) is 3.24. The number of benzene rings is 1. The Labute approximate surface area is 166 Å². The van der Waals surface area contributed by atoms with E-state index in [4.69, 9.17) is 14.0 Å². The molecule has 1 aliphatic rings. The summed E-state index contributed by atoms with van der Waals surface area (Å²) in [5.74, 6) is 1.51. The van der Waals surface area contributed by atoms with Crippen molar-refractivity contribution in [1.82, 2.24) is 10.1 Å². The van der Waals surface area contributed by atoms with Crippen molar-refractivity contribution in [2.75, 3.05) is 11.9 Å². The third-order valence-electron chi connectivity index (χ3n) is 4.28. The molecule has 7 nitrogen and oxygen atoms in total. The van der Waals surface area contributed by atoms with E-state index in [-0.39, 0.29) is 12.0 Å². The normalized spacial score (nSPS) is 13.4. The van der Waals surface area contributed by atoms with Gasteiger partial charge in [0.2, 0.25) is 0 Å². The van der Waals surface area contributed by atoms with Gasteiger partial charge < -0.3 is 19.3 Å². The van der Waals surface area contributed by atoms with Gasteiger partial charge in [0.05, 0.1) is 24.9 Å². The summed E-state index contributed by atoms with van der Waals surface area (Å²) in [6, 6.07) is 7.09. The van der Waals surface area contributed by atoms with Crippen LogP contribution >= 0.6 is 11.3 Å². The highest BCUT2D eigenvalue weighted by atomic mass is 32.1. The molecule has 0 unspecified atom stereocenters. The SMILES string of the molecule is Cc1noc(-c2c(NC(=O)c3ccc(OC(C)C)cc3)sc3c2CCOC3)n1. The van der Waals surface area contributed by atoms with Gasteiger partial charge in [0.1, 0.15) is 10.8 Å². The quantitative estimate of drug-likeness (QED) is 0.691. The molecule has 2 aromatic heterocycles. The van der Waals surface area contributed by atoms with Gasteiger partial charge in [-0.2, -0.15) is 4.98 Å². The second-order valence-corrected chi connectivity index (χ2v) is 7.91. The van der Waals surface area contributed by atoms with E-state index in [1.54, 1.807) is 31.2 Å². The van der Waals surface area contributed by atoms with Gasteiger partial charge in [0, 0.05) is 10.4 Å². The Morgan fingerprint density at radius 3 is 2.75 bits per heavy atom. The van der Waals surface area contributed by atoms with Crippen LogP contribution in [0.1, 0.15) is 40.5 Å². The lowest BCUT2D eigenvalue weighted by molar-refractivity contribution is 0.102. The van der Waals surface area contributed by atoms with Crippen LogP contribution in [0, 0.1) is 6.92 Å². The third kappa shape index (κ3) is 3.79. The second-order valence-electron chi connectivity index (χ2n) is 6.80. The summed E-state index contributed by atoms with van der Waals surface area (Å²) in [6.45, 7) is 6.85. The van der Waals surface area contributed by atoms with Crippen LogP contribution in [0.2, 0.25) is 0 Å². The number of anilines is 1. The van der Waals surface area contributed by atoms with Gasteiger partial charge in [-0.05, 0) is 57.0 Å². The zero-order valence-corrected chi connectivity index (χ0v) is 16.8. The van der Waals surface area contributed by atoms with Gasteiger partial charge in [-0.1, -0.05) is 5.16 Å². The van der Waals surface area contributed by atoms with Gasteiger partial charge in [-0.15, -0.1) is 11.3 Å². The van der Waals surface area contributed by atoms with E-state index in [0.29, 0.717) is 35.5 Å². The first-order valence-electron chi connectivity index (χ1n) is 9.12. The minimum atomic E-state index is -0.201. The first-order chi connectivity index (χ1) is 13.5. The molecule has 0 atom stereocenters. The number of nitrogens with zero attached hydrogens (tertiary/aromatic N) is 2. The smallest absolute Gasteiger partial charge is 0.261 e. The molecule has 1 aliphatic heterocycles. The Kier molecular flexibility index (Phi) is 5.15. The van der Waals surface area contributed by atoms with Crippen LogP contribution in [0.3, 0.4) is 0 Å². The predicted octanol–water partition coefficient (Wildman–Crippen LogP) is 4.22. The maximum atomic E-state index is 12.8. The summed E-state index contributed by atoms with van der Waals surface area (Å²) in [5.41, 5.74) is 2.46. The fraction of sp³-hybridized carbons (Fsp3) is 0.350. The van der Waals surface area contributed by atoms with Crippen LogP contribution in [0.15, 0.2) is 28.8 Å². The fourth-order valence-electron chi connectivity index (χ4n) is 3.08. The molecule has 0 radical (unpaired) electrons. The zero-order valence-electron chi connectivity index (χ0n) is 15.9. The minimum Gasteiger partial charge on any atom is -0.491 e. The number of ether oxygens (including phenoxy) is 2. The fourth-order valence-corrected chi connectivity index (χ4v) is 4.25. The molecule has 0 fully saturated rings. The Hall–Kier alpha value is -2.71. The van der Waals surface area contributed by atoms with Gasteiger partial charge in [-0.25, -0.2) is 0 Å². The van der Waals surface area contributed by atoms with Crippen LogP contribution < -0.4 is 10.1 Å². The van der Waals surface area contributed by atoms with Crippen LogP contribution in [0.5, 0.6) is 5.75 Å². The molecule has 1 N–H and O–H groups in total. The van der Waals surface area contributed by atoms with Crippen molar-refractivity contribution in [1.29, 1.82) is 0 Å². The number of nitrogens with one attached hydrogen (secondary N) is 1. The molecule has 4 rings (SSSR count). The summed E-state index contributed by atoms with van der Waals surface area (Å²) < 4.78 is 16.6. The Morgan fingerprint density at radius 2 is 2.07 bits per heavy atom. The molecule has 0 spiro atoms. The second kappa shape index (κ2) is 7.73. The van der Waals surface area contributed by atoms with Gasteiger partial charge in [0.25, 0.3) is 11.8 Å². The molecule has 1 aromatic carbocycles. The number of fused-ring (bicyclic) bond motifs is 1.